The summed E-state index contributed by atoms with van der Waals surface area (Å²) >= 11 is 0. The van der Waals surface area contributed by atoms with Crippen molar-refractivity contribution < 1.29 is 33.0 Å². The number of nitrogens with one attached hydrogen (secondary N) is 1. The van der Waals surface area contributed by atoms with Gasteiger partial charge in [0.25, 0.3) is 11.8 Å². The molecule has 2 amide bonds. The fraction of sp³-hybridized carbons (Fsp3) is 0.235. The number of hydrogen-bond acceptors (Lipinski definition) is 7. The first-order chi connectivity index (χ1) is 12.1. The molecule has 0 atom stereocenters. The van der Waals surface area contributed by atoms with E-state index in [2.05, 4.69) is 0 Å². The van der Waals surface area contributed by atoms with Crippen LogP contribution in [-0.4, -0.2) is 38.1 Å². The van der Waals surface area contributed by atoms with Crippen molar-refractivity contribution in [1.29, 1.82) is 0 Å². The van der Waals surface area contributed by atoms with Crippen molar-refractivity contribution in [3.8, 4) is 11.5 Å². The zero-order valence-electron chi connectivity index (χ0n) is 13.5. The van der Waals surface area contributed by atoms with Crippen molar-refractivity contribution >= 4 is 17.8 Å². The molecule has 25 heavy (non-hydrogen) atoms. The van der Waals surface area contributed by atoms with Crippen molar-refractivity contribution in [2.45, 2.75) is 6.42 Å². The van der Waals surface area contributed by atoms with E-state index < -0.39 is 24.4 Å². The lowest BCUT2D eigenvalue weighted by Crippen LogP contribution is -2.34. The van der Waals surface area contributed by atoms with Crippen LogP contribution in [0.3, 0.4) is 0 Å². The number of hydrogen-bond donors (Lipinski definition) is 1. The molecule has 132 valence electrons. The van der Waals surface area contributed by atoms with E-state index in [4.69, 9.17) is 18.6 Å². The number of esters is 1. The summed E-state index contributed by atoms with van der Waals surface area (Å²) in [4.78, 5) is 34.6. The smallest absolute Gasteiger partial charge is 0.309 e. The summed E-state index contributed by atoms with van der Waals surface area (Å²) in [6, 6.07) is 9.80. The topological polar surface area (TPSA) is 104 Å². The van der Waals surface area contributed by atoms with E-state index >= 15 is 0 Å². The lowest BCUT2D eigenvalue weighted by molar-refractivity contribution is -0.148. The first-order valence-corrected chi connectivity index (χ1v) is 7.38. The molecule has 0 unspecified atom stereocenters. The van der Waals surface area contributed by atoms with Gasteiger partial charge in [-0.2, -0.15) is 0 Å². The minimum absolute atomic E-state index is 0.00688. The minimum atomic E-state index is -0.745. The summed E-state index contributed by atoms with van der Waals surface area (Å²) in [6.07, 6.45) is 1.27. The van der Waals surface area contributed by atoms with Gasteiger partial charge >= 0.3 is 5.97 Å². The molecule has 0 aliphatic rings. The number of methoxy groups -OCH3 is 1. The maximum absolute atomic E-state index is 11.5. The lowest BCUT2D eigenvalue weighted by atomic mass is 10.3. The van der Waals surface area contributed by atoms with Gasteiger partial charge in [0.15, 0.2) is 12.4 Å². The Balaban J connectivity index is 1.63. The van der Waals surface area contributed by atoms with Crippen LogP contribution in [0, 0.1) is 0 Å². The van der Waals surface area contributed by atoms with Crippen LogP contribution in [0.4, 0.5) is 0 Å². The van der Waals surface area contributed by atoms with Gasteiger partial charge in [0.2, 0.25) is 0 Å². The summed E-state index contributed by atoms with van der Waals surface area (Å²) < 4.78 is 20.0. The van der Waals surface area contributed by atoms with Crippen molar-refractivity contribution in [2.24, 2.45) is 0 Å². The second kappa shape index (κ2) is 9.11. The van der Waals surface area contributed by atoms with Gasteiger partial charge in [-0.1, -0.05) is 0 Å². The van der Waals surface area contributed by atoms with Crippen LogP contribution in [0.15, 0.2) is 47.1 Å². The van der Waals surface area contributed by atoms with Crippen molar-refractivity contribution in [3.05, 3.63) is 48.4 Å². The molecule has 0 radical (unpaired) electrons. The summed E-state index contributed by atoms with van der Waals surface area (Å²) in [5.74, 6) is -0.793. The van der Waals surface area contributed by atoms with Crippen LogP contribution < -0.4 is 14.8 Å². The van der Waals surface area contributed by atoms with Gasteiger partial charge in [0.05, 0.1) is 26.4 Å². The molecule has 8 nitrogen and oxygen atoms in total. The van der Waals surface area contributed by atoms with E-state index in [1.54, 1.807) is 31.4 Å². The van der Waals surface area contributed by atoms with Crippen LogP contribution in [0.25, 0.3) is 0 Å². The summed E-state index contributed by atoms with van der Waals surface area (Å²) in [5, 5.41) is 2.04. The Morgan fingerprint density at radius 3 is 2.44 bits per heavy atom. The number of ether oxygens (including phenoxy) is 3. The van der Waals surface area contributed by atoms with Crippen LogP contribution in [0.5, 0.6) is 11.5 Å². The molecule has 0 fully saturated rings. The highest BCUT2D eigenvalue weighted by molar-refractivity contribution is 6.03. The lowest BCUT2D eigenvalue weighted by Gasteiger charge is -2.07. The van der Waals surface area contributed by atoms with Crippen LogP contribution in [-0.2, 0) is 14.3 Å². The number of imide groups is 1. The molecule has 0 saturated heterocycles. The zero-order valence-corrected chi connectivity index (χ0v) is 13.5. The van der Waals surface area contributed by atoms with Gasteiger partial charge in [0, 0.05) is 0 Å². The molecule has 1 heterocycles. The molecule has 2 rings (SSSR count). The number of furan rings is 1. The van der Waals surface area contributed by atoms with E-state index in [0.717, 1.165) is 0 Å². The molecule has 0 aliphatic carbocycles. The third-order valence-electron chi connectivity index (χ3n) is 3.00. The Morgan fingerprint density at radius 2 is 1.80 bits per heavy atom. The second-order valence-electron chi connectivity index (χ2n) is 4.79. The molecule has 1 aromatic heterocycles. The van der Waals surface area contributed by atoms with Gasteiger partial charge in [-0.25, -0.2) is 0 Å². The van der Waals surface area contributed by atoms with Crippen LogP contribution >= 0.6 is 0 Å². The van der Waals surface area contributed by atoms with Gasteiger partial charge in [0.1, 0.15) is 11.5 Å². The predicted octanol–water partition coefficient (Wildman–Crippen LogP) is 1.56. The molecular weight excluding hydrogens is 330 g/mol. The van der Waals surface area contributed by atoms with E-state index in [-0.39, 0.29) is 18.8 Å². The normalized spacial score (nSPS) is 9.96. The monoisotopic (exact) mass is 347 g/mol. The predicted molar refractivity (Wildman–Crippen MR) is 85.2 cm³/mol. The van der Waals surface area contributed by atoms with E-state index in [1.165, 1.54) is 18.4 Å². The van der Waals surface area contributed by atoms with E-state index in [0.29, 0.717) is 11.5 Å². The number of rotatable bonds is 8. The molecule has 0 bridgehead atoms. The first-order valence-electron chi connectivity index (χ1n) is 7.38. The average Bonchev–Trinajstić information content (AvgIpc) is 3.15. The Morgan fingerprint density at radius 1 is 1.08 bits per heavy atom. The van der Waals surface area contributed by atoms with Crippen LogP contribution in [0.1, 0.15) is 17.0 Å². The summed E-state index contributed by atoms with van der Waals surface area (Å²) in [5.41, 5.74) is 0. The Kier molecular flexibility index (Phi) is 6.58. The maximum Gasteiger partial charge on any atom is 0.309 e. The largest absolute Gasteiger partial charge is 0.497 e. The Hall–Kier alpha value is -3.29. The molecule has 1 aromatic carbocycles. The molecule has 1 N–H and O–H groups in total. The maximum atomic E-state index is 11.5. The number of benzene rings is 1. The average molecular weight is 347 g/mol. The fourth-order valence-electron chi connectivity index (χ4n) is 1.77. The molecule has 2 aromatic rings. The van der Waals surface area contributed by atoms with Gasteiger partial charge in [-0.05, 0) is 36.4 Å². The number of carbonyl (C=O) groups excluding carboxylic acids is 3. The molecule has 0 spiro atoms. The third kappa shape index (κ3) is 6.02. The van der Waals surface area contributed by atoms with Gasteiger partial charge in [-0.3, -0.25) is 19.7 Å². The number of carbonyl (C=O) groups is 3. The fourth-order valence-corrected chi connectivity index (χ4v) is 1.77. The zero-order chi connectivity index (χ0) is 18.1. The quantitative estimate of drug-likeness (QED) is 0.723. The first kappa shape index (κ1) is 18.1. The van der Waals surface area contributed by atoms with Crippen molar-refractivity contribution in [3.63, 3.8) is 0 Å². The highest BCUT2D eigenvalue weighted by atomic mass is 16.5. The molecule has 0 saturated carbocycles. The van der Waals surface area contributed by atoms with E-state index in [1.807, 2.05) is 5.32 Å². The Labute approximate surface area is 143 Å². The standard InChI is InChI=1S/C17H17NO7/c1-22-12-4-6-13(7-5-12)23-10-8-16(20)25-11-15(19)18-17(21)14-3-2-9-24-14/h2-7,9H,8,10-11H2,1H3,(H,18,19,21). The van der Waals surface area contributed by atoms with Gasteiger partial charge < -0.3 is 18.6 Å². The van der Waals surface area contributed by atoms with Crippen molar-refractivity contribution in [2.75, 3.05) is 20.3 Å². The SMILES string of the molecule is COc1ccc(OCCC(=O)OCC(=O)NC(=O)c2ccco2)cc1. The number of amides is 2. The summed E-state index contributed by atoms with van der Waals surface area (Å²) in [7, 11) is 1.56. The Bertz CT molecular complexity index is 707. The highest BCUT2D eigenvalue weighted by Gasteiger charge is 2.14. The highest BCUT2D eigenvalue weighted by Crippen LogP contribution is 2.17. The third-order valence-corrected chi connectivity index (χ3v) is 3.00. The summed E-state index contributed by atoms with van der Waals surface area (Å²) in [6.45, 7) is -0.466. The van der Waals surface area contributed by atoms with Crippen molar-refractivity contribution in [1.82, 2.24) is 5.32 Å². The molecule has 8 heteroatoms. The molecule has 0 aliphatic heterocycles. The van der Waals surface area contributed by atoms with Gasteiger partial charge in [-0.15, -0.1) is 0 Å². The van der Waals surface area contributed by atoms with E-state index in [9.17, 15) is 14.4 Å². The van der Waals surface area contributed by atoms with Crippen LogP contribution in [0.2, 0.25) is 0 Å². The second-order valence-corrected chi connectivity index (χ2v) is 4.79. The minimum Gasteiger partial charge on any atom is -0.497 e. The molecular formula is C17H17NO7.